The van der Waals surface area contributed by atoms with Crippen LogP contribution in [0.25, 0.3) is 0 Å². The van der Waals surface area contributed by atoms with Crippen molar-refractivity contribution < 1.29 is 0 Å². The zero-order valence-corrected chi connectivity index (χ0v) is 43.0. The molecule has 0 spiro atoms. The Labute approximate surface area is 395 Å². The molecule has 7 atom stereocenters. The van der Waals surface area contributed by atoms with E-state index in [1.54, 1.807) is 0 Å². The van der Waals surface area contributed by atoms with Crippen molar-refractivity contribution >= 4 is 29.1 Å². The van der Waals surface area contributed by atoms with Crippen molar-refractivity contribution in [2.75, 3.05) is 37.8 Å². The van der Waals surface area contributed by atoms with E-state index < -0.39 is 0 Å². The molecule has 6 heteroatoms. The standard InChI is InChI=1S/C57H85ClN4S/c1-17-48-33-47-30-38(2)20-18-19-25-55(12)35-49(31-40(4)59-55)44(8)57(14)53(56(57,13)28-21-42(6)61(16)50(34-47)52(48)58)39(3)36-60(15)41(5)24-29-63-51-32-43(7)62(45(51)9)37-46-22-26-54(10,11)27-23-46/h18-20,33-34,44,46,49,51,53,59H,3-7,9,17,21-32,35-37H2,1-2,8,10-16H3/b19-18+,38-20+/t44-,49?,51?,53?,55+,56?,57-/m1/s1. The number of rotatable bonds is 11. The third-order valence-electron chi connectivity index (χ3n) is 17.2. The first-order valence-corrected chi connectivity index (χ1v) is 25.8. The molecule has 2 saturated heterocycles. The van der Waals surface area contributed by atoms with Crippen molar-refractivity contribution in [3.63, 3.8) is 0 Å². The van der Waals surface area contributed by atoms with Crippen molar-refractivity contribution in [1.29, 1.82) is 0 Å². The lowest BCUT2D eigenvalue weighted by Gasteiger charge is -2.45. The lowest BCUT2D eigenvalue weighted by molar-refractivity contribution is 0.124. The number of likely N-dealkylation sites (N-methyl/N-ethyl adjacent to an activating group) is 1. The highest BCUT2D eigenvalue weighted by Gasteiger charge is 2.73. The second kappa shape index (κ2) is 19.4. The van der Waals surface area contributed by atoms with Crippen molar-refractivity contribution in [2.45, 2.75) is 150 Å². The van der Waals surface area contributed by atoms with Gasteiger partial charge in [0.15, 0.2) is 0 Å². The summed E-state index contributed by atoms with van der Waals surface area (Å²) in [7, 11) is 4.38. The van der Waals surface area contributed by atoms with Gasteiger partial charge in [-0.05, 0) is 154 Å². The normalized spacial score (nSPS) is 33.0. The van der Waals surface area contributed by atoms with Gasteiger partial charge < -0.3 is 20.0 Å². The summed E-state index contributed by atoms with van der Waals surface area (Å²) in [5.41, 5.74) is 12.8. The van der Waals surface area contributed by atoms with Crippen molar-refractivity contribution in [3.05, 3.63) is 126 Å². The molecule has 0 aromatic heterocycles. The molecule has 4 fully saturated rings. The molecule has 63 heavy (non-hydrogen) atoms. The van der Waals surface area contributed by atoms with Crippen LogP contribution in [0.15, 0.2) is 109 Å². The van der Waals surface area contributed by atoms with Crippen LogP contribution in [0, 0.1) is 39.9 Å². The molecule has 1 aromatic carbocycles. The van der Waals surface area contributed by atoms with E-state index in [1.807, 2.05) is 11.8 Å². The Morgan fingerprint density at radius 1 is 1.00 bits per heavy atom. The summed E-state index contributed by atoms with van der Waals surface area (Å²) in [4.78, 5) is 7.11. The number of anilines is 1. The first-order valence-electron chi connectivity index (χ1n) is 24.4. The van der Waals surface area contributed by atoms with E-state index in [9.17, 15) is 0 Å². The Hall–Kier alpha value is -3.02. The first-order chi connectivity index (χ1) is 29.5. The Bertz CT molecular complexity index is 2010. The summed E-state index contributed by atoms with van der Waals surface area (Å²) < 4.78 is 0. The Kier molecular flexibility index (Phi) is 15.3. The first kappa shape index (κ1) is 49.4. The van der Waals surface area contributed by atoms with E-state index in [1.165, 1.54) is 70.7 Å². The average Bonchev–Trinajstić information content (AvgIpc) is 3.61. The zero-order chi connectivity index (χ0) is 46.2. The fourth-order valence-corrected chi connectivity index (χ4v) is 14.2. The number of benzene rings is 1. The lowest BCUT2D eigenvalue weighted by Crippen LogP contribution is -2.49. The van der Waals surface area contributed by atoms with E-state index >= 15 is 0 Å². The molecule has 5 aliphatic rings. The molecule has 0 radical (unpaired) electrons. The highest BCUT2D eigenvalue weighted by molar-refractivity contribution is 8.00. The summed E-state index contributed by atoms with van der Waals surface area (Å²) in [6, 6.07) is 4.58. The molecule has 0 amide bonds. The van der Waals surface area contributed by atoms with Gasteiger partial charge in [0.2, 0.25) is 0 Å². The fraction of sp³-hybridized carbons (Fsp3) is 0.614. The minimum atomic E-state index is -0.0408. The molecule has 1 N–H and O–H groups in total. The van der Waals surface area contributed by atoms with E-state index in [4.69, 9.17) is 24.8 Å². The van der Waals surface area contributed by atoms with E-state index in [2.05, 4.69) is 146 Å². The predicted molar refractivity (Wildman–Crippen MR) is 278 cm³/mol. The Morgan fingerprint density at radius 2 is 1.70 bits per heavy atom. The summed E-state index contributed by atoms with van der Waals surface area (Å²) in [5, 5.41) is 5.11. The second-order valence-corrected chi connectivity index (χ2v) is 24.1. The fourth-order valence-electron chi connectivity index (χ4n) is 12.6. The topological polar surface area (TPSA) is 21.8 Å². The van der Waals surface area contributed by atoms with Crippen LogP contribution >= 0.6 is 23.4 Å². The number of halogens is 1. The number of nitrogens with zero attached hydrogens (tertiary/aromatic N) is 3. The average molecular weight is 894 g/mol. The van der Waals surface area contributed by atoms with Crippen LogP contribution in [0.1, 0.15) is 137 Å². The summed E-state index contributed by atoms with van der Waals surface area (Å²) >= 11 is 9.19. The zero-order valence-electron chi connectivity index (χ0n) is 41.5. The third kappa shape index (κ3) is 10.7. The van der Waals surface area contributed by atoms with Crippen LogP contribution in [-0.2, 0) is 12.8 Å². The van der Waals surface area contributed by atoms with Crippen LogP contribution in [0.5, 0.6) is 0 Å². The largest absolute Gasteiger partial charge is 0.383 e. The molecule has 4 nitrogen and oxygen atoms in total. The molecule has 346 valence electrons. The maximum atomic E-state index is 7.16. The Balaban J connectivity index is 1.15. The van der Waals surface area contributed by atoms with Crippen molar-refractivity contribution in [3.8, 4) is 0 Å². The van der Waals surface area contributed by atoms with Gasteiger partial charge in [0, 0.05) is 72.9 Å². The third-order valence-corrected chi connectivity index (χ3v) is 18.9. The number of piperidine rings is 1. The maximum absolute atomic E-state index is 7.16. The molecule has 6 rings (SSSR count). The molecular weight excluding hydrogens is 808 g/mol. The number of hydrogen-bond acceptors (Lipinski definition) is 5. The Morgan fingerprint density at radius 3 is 2.38 bits per heavy atom. The SMILES string of the molecule is C=C1CC2C[C@](C)(C/C=C/C=C(\C)Cc3cc(CC)c(Cl)c(c3)N(C)C(=C)CCC3(C)C(C(=C)CN(C)C(=C)CCSC4CC(=C)N(CC5CCC(C)(C)CC5)C4=C)[C@@]3(C)[C@@H]2C)N1. The summed E-state index contributed by atoms with van der Waals surface area (Å²) in [6.45, 7) is 49.2. The molecule has 2 saturated carbocycles. The van der Waals surface area contributed by atoms with Crippen LogP contribution in [0.2, 0.25) is 5.02 Å². The van der Waals surface area contributed by atoms with Gasteiger partial charge in [-0.2, -0.15) is 11.8 Å². The van der Waals surface area contributed by atoms with Gasteiger partial charge in [-0.1, -0.05) is 128 Å². The molecule has 2 aliphatic carbocycles. The lowest BCUT2D eigenvalue weighted by atomic mass is 9.67. The molecular formula is C57H85ClN4S. The van der Waals surface area contributed by atoms with Crippen molar-refractivity contribution in [1.82, 2.24) is 15.1 Å². The van der Waals surface area contributed by atoms with Gasteiger partial charge in [0.25, 0.3) is 0 Å². The molecule has 4 bridgehead atoms. The van der Waals surface area contributed by atoms with Crippen LogP contribution in [0.3, 0.4) is 0 Å². The number of likely N-dealkylation sites (tertiary alicyclic amines) is 1. The van der Waals surface area contributed by atoms with Crippen molar-refractivity contribution in [2.24, 2.45) is 39.9 Å². The van der Waals surface area contributed by atoms with Crippen LogP contribution in [-0.4, -0.2) is 53.5 Å². The number of fused-ring (bicyclic) bond motifs is 5. The molecule has 4 unspecified atom stereocenters. The van der Waals surface area contributed by atoms with Gasteiger partial charge in [-0.15, -0.1) is 0 Å². The van der Waals surface area contributed by atoms with Gasteiger partial charge in [0.05, 0.1) is 10.7 Å². The monoisotopic (exact) mass is 893 g/mol. The number of nitrogens with one attached hydrogen (secondary N) is 1. The highest BCUT2D eigenvalue weighted by atomic mass is 35.5. The van der Waals surface area contributed by atoms with E-state index in [-0.39, 0.29) is 16.4 Å². The maximum Gasteiger partial charge on any atom is 0.0674 e. The number of aryl methyl sites for hydroxylation is 1. The second-order valence-electron chi connectivity index (χ2n) is 22.4. The van der Waals surface area contributed by atoms with E-state index in [0.717, 1.165) is 99.0 Å². The molecule has 3 heterocycles. The van der Waals surface area contributed by atoms with E-state index in [0.29, 0.717) is 28.4 Å². The highest BCUT2D eigenvalue weighted by Crippen LogP contribution is 2.78. The van der Waals surface area contributed by atoms with Gasteiger partial charge in [0.1, 0.15) is 0 Å². The quantitative estimate of drug-likeness (QED) is 0.223. The minimum Gasteiger partial charge on any atom is -0.383 e. The summed E-state index contributed by atoms with van der Waals surface area (Å²) in [6.07, 6.45) is 21.0. The number of hydrogen-bond donors (Lipinski definition) is 1. The van der Waals surface area contributed by atoms with Gasteiger partial charge >= 0.3 is 0 Å². The molecule has 1 aromatic rings. The minimum absolute atomic E-state index is 0.0408. The molecule has 3 aliphatic heterocycles. The summed E-state index contributed by atoms with van der Waals surface area (Å²) in [5.74, 6) is 3.15. The smallest absolute Gasteiger partial charge is 0.0674 e. The number of thioether (sulfide) groups is 1. The predicted octanol–water partition coefficient (Wildman–Crippen LogP) is 15.1. The number of allylic oxidation sites excluding steroid dienone is 7. The van der Waals surface area contributed by atoms with Gasteiger partial charge in [-0.3, -0.25) is 0 Å². The van der Waals surface area contributed by atoms with Crippen LogP contribution < -0.4 is 10.2 Å². The van der Waals surface area contributed by atoms with Crippen LogP contribution in [0.4, 0.5) is 5.69 Å². The van der Waals surface area contributed by atoms with Gasteiger partial charge in [-0.25, -0.2) is 0 Å².